The lowest BCUT2D eigenvalue weighted by molar-refractivity contribution is 0.960. The zero-order chi connectivity index (χ0) is 7.44. The van der Waals surface area contributed by atoms with Crippen LogP contribution in [0, 0.1) is 0 Å². The maximum Gasteiger partial charge on any atom is 0.0394 e. The Hall–Kier alpha value is 0.434. The van der Waals surface area contributed by atoms with E-state index in [-0.39, 0.29) is 8.31 Å². The normalized spacial score (nSPS) is 12.0. The summed E-state index contributed by atoms with van der Waals surface area (Å²) in [6.07, 6.45) is 0. The van der Waals surface area contributed by atoms with E-state index < -0.39 is 0 Å². The van der Waals surface area contributed by atoms with Crippen LogP contribution in [0.2, 0.25) is 17.6 Å². The van der Waals surface area contributed by atoms with Crippen LogP contribution in [0.4, 0.5) is 0 Å². The van der Waals surface area contributed by atoms with Gasteiger partial charge in [-0.25, -0.2) is 0 Å². The van der Waals surface area contributed by atoms with Gasteiger partial charge in [0, 0.05) is 17.4 Å². The Morgan fingerprint density at radius 3 is 1.33 bits per heavy atom. The van der Waals surface area contributed by atoms with E-state index in [1.807, 2.05) is 0 Å². The lowest BCUT2D eigenvalue weighted by Gasteiger charge is -2.19. The van der Waals surface area contributed by atoms with Gasteiger partial charge < -0.3 is 0 Å². The van der Waals surface area contributed by atoms with Crippen molar-refractivity contribution in [1.82, 2.24) is 0 Å². The summed E-state index contributed by atoms with van der Waals surface area (Å²) in [6, 6.07) is 0. The lowest BCUT2D eigenvalue weighted by atomic mass is 10.5. The summed E-state index contributed by atoms with van der Waals surface area (Å²) >= 11 is 0. The molecule has 3 radical (unpaired) electrons. The van der Waals surface area contributed by atoms with Crippen LogP contribution in [0.25, 0.3) is 0 Å². The van der Waals surface area contributed by atoms with Crippen LogP contribution in [-0.4, -0.2) is 17.4 Å². The summed E-state index contributed by atoms with van der Waals surface area (Å²) in [7, 11) is 1.22. The van der Waals surface area contributed by atoms with Crippen molar-refractivity contribution in [2.24, 2.45) is 0 Å². The lowest BCUT2D eigenvalue weighted by Crippen LogP contribution is -2.27. The van der Waals surface area contributed by atoms with Crippen LogP contribution in [0.1, 0.15) is 27.7 Å². The van der Waals surface area contributed by atoms with Crippen molar-refractivity contribution in [3.05, 3.63) is 0 Å². The van der Waals surface area contributed by atoms with Crippen molar-refractivity contribution < 1.29 is 0 Å². The fourth-order valence-corrected chi connectivity index (χ4v) is 7.20. The smallest absolute Gasteiger partial charge is 0.0394 e. The second-order valence-corrected chi connectivity index (χ2v) is 9.97. The molecule has 0 aliphatic rings. The van der Waals surface area contributed by atoms with E-state index in [1.54, 1.807) is 0 Å². The molecule has 0 nitrogen and oxygen atoms in total. The summed E-state index contributed by atoms with van der Waals surface area (Å²) in [6.45, 7) is 11.8. The van der Waals surface area contributed by atoms with Gasteiger partial charge in [-0.05, 0) is 0 Å². The van der Waals surface area contributed by atoms with Gasteiger partial charge in [0.25, 0.3) is 0 Å². The molecule has 2 heteroatoms. The van der Waals surface area contributed by atoms with Crippen LogP contribution in [-0.2, 0) is 0 Å². The molecule has 9 heavy (non-hydrogen) atoms. The molecule has 0 N–H and O–H groups in total. The number of rotatable bonds is 3. The molecule has 0 fully saturated rings. The molecule has 0 saturated carbocycles. The van der Waals surface area contributed by atoms with E-state index >= 15 is 0 Å². The quantitative estimate of drug-likeness (QED) is 0.552. The molecule has 0 aliphatic carbocycles. The fourth-order valence-electron chi connectivity index (χ4n) is 1.24. The van der Waals surface area contributed by atoms with Gasteiger partial charge in [0.2, 0.25) is 0 Å². The Morgan fingerprint density at radius 2 is 1.33 bits per heavy atom. The largest absolute Gasteiger partial charge is 0.0756 e. The maximum atomic E-state index is 2.37. The van der Waals surface area contributed by atoms with Gasteiger partial charge in [-0.2, -0.15) is 0 Å². The van der Waals surface area contributed by atoms with E-state index in [0.29, 0.717) is 0 Å². The topological polar surface area (TPSA) is 0 Å². The van der Waals surface area contributed by atoms with Crippen molar-refractivity contribution in [1.29, 1.82) is 0 Å². The molecule has 0 bridgehead atoms. The highest BCUT2D eigenvalue weighted by molar-refractivity contribution is 7.13. The first-order chi connectivity index (χ1) is 4.09. The molecule has 0 atom stereocenters. The molecule has 0 rings (SSSR count). The van der Waals surface area contributed by atoms with Gasteiger partial charge >= 0.3 is 0 Å². The Balaban J connectivity index is 3.68. The Morgan fingerprint density at radius 1 is 1.00 bits per heavy atom. The van der Waals surface area contributed by atoms with E-state index in [9.17, 15) is 0 Å². The van der Waals surface area contributed by atoms with Gasteiger partial charge in [0.05, 0.1) is 0 Å². The molecule has 53 valence electrons. The van der Waals surface area contributed by atoms with Gasteiger partial charge in [-0.1, -0.05) is 45.3 Å². The first-order valence-electron chi connectivity index (χ1n) is 3.64. The maximum absolute atomic E-state index is 2.37. The molecular formula is C7H17Si2. The molecule has 0 unspecified atom stereocenters. The first kappa shape index (κ1) is 9.43. The van der Waals surface area contributed by atoms with Crippen LogP contribution in [0.5, 0.6) is 0 Å². The monoisotopic (exact) mass is 157 g/mol. The van der Waals surface area contributed by atoms with Crippen molar-refractivity contribution in [2.75, 3.05) is 0 Å². The third kappa shape index (κ3) is 3.21. The highest BCUT2D eigenvalue weighted by atomic mass is 29.2. The average molecular weight is 157 g/mol. The Labute approximate surface area is 63.3 Å². The van der Waals surface area contributed by atoms with Gasteiger partial charge in [-0.15, -0.1) is 0 Å². The van der Waals surface area contributed by atoms with Crippen molar-refractivity contribution in [2.45, 2.75) is 45.3 Å². The van der Waals surface area contributed by atoms with Crippen molar-refractivity contribution in [3.63, 3.8) is 0 Å². The van der Waals surface area contributed by atoms with Crippen LogP contribution < -0.4 is 0 Å². The molecule has 0 spiro atoms. The first-order valence-corrected chi connectivity index (χ1v) is 7.79. The summed E-state index contributed by atoms with van der Waals surface area (Å²) in [5, 5.41) is 0. The van der Waals surface area contributed by atoms with E-state index in [2.05, 4.69) is 34.2 Å². The summed E-state index contributed by atoms with van der Waals surface area (Å²) < 4.78 is 0. The minimum absolute atomic E-state index is 0.00977. The predicted octanol–water partition coefficient (Wildman–Crippen LogP) is 2.55. The minimum Gasteiger partial charge on any atom is -0.0756 e. The van der Waals surface area contributed by atoms with Gasteiger partial charge in [0.15, 0.2) is 0 Å². The molecule has 0 aliphatic heterocycles. The summed E-state index contributed by atoms with van der Waals surface area (Å²) in [5.41, 5.74) is 1.94. The van der Waals surface area contributed by atoms with Crippen molar-refractivity contribution in [3.8, 4) is 0 Å². The molecule has 0 aromatic carbocycles. The zero-order valence-corrected chi connectivity index (χ0v) is 9.15. The zero-order valence-electron chi connectivity index (χ0n) is 7.15. The summed E-state index contributed by atoms with van der Waals surface area (Å²) in [4.78, 5) is 0. The van der Waals surface area contributed by atoms with Crippen molar-refractivity contribution >= 4 is 17.4 Å². The molecule has 0 saturated heterocycles. The molecular weight excluding hydrogens is 140 g/mol. The van der Waals surface area contributed by atoms with Crippen LogP contribution in [0.3, 0.4) is 0 Å². The van der Waals surface area contributed by atoms with Crippen LogP contribution in [0.15, 0.2) is 0 Å². The summed E-state index contributed by atoms with van der Waals surface area (Å²) in [5.74, 6) is 0. The fraction of sp³-hybridized carbons (Fsp3) is 1.00. The van der Waals surface area contributed by atoms with Gasteiger partial charge in [0.1, 0.15) is 0 Å². The second-order valence-electron chi connectivity index (χ2n) is 3.01. The average Bonchev–Trinajstić information content (AvgIpc) is 1.64. The Bertz CT molecular complexity index is 61.3. The van der Waals surface area contributed by atoms with Crippen LogP contribution >= 0.6 is 0 Å². The minimum atomic E-state index is 0.00977. The molecule has 0 aromatic rings. The molecule has 0 amide bonds. The van der Waals surface area contributed by atoms with E-state index in [4.69, 9.17) is 0 Å². The second kappa shape index (κ2) is 4.28. The third-order valence-corrected chi connectivity index (χ3v) is 9.79. The molecule has 0 aromatic heterocycles. The highest BCUT2D eigenvalue weighted by Crippen LogP contribution is 2.18. The standard InChI is InChI=1S/C7H17Si2/c1-6(2)9(8-5)7(3)4/h6-7H,1-5H3. The molecule has 0 heterocycles. The van der Waals surface area contributed by atoms with E-state index in [0.717, 1.165) is 11.1 Å². The van der Waals surface area contributed by atoms with E-state index in [1.165, 1.54) is 9.04 Å². The Kier molecular flexibility index (Phi) is 4.49. The number of hydrogen-bond acceptors (Lipinski definition) is 0. The predicted molar refractivity (Wildman–Crippen MR) is 47.6 cm³/mol. The number of hydrogen-bond donors (Lipinski definition) is 0. The highest BCUT2D eigenvalue weighted by Gasteiger charge is 2.16. The van der Waals surface area contributed by atoms with Gasteiger partial charge in [-0.3, -0.25) is 0 Å². The third-order valence-electron chi connectivity index (χ3n) is 1.53. The SMILES string of the molecule is C[Si][Si](C(C)C)C(C)C.